The van der Waals surface area contributed by atoms with E-state index >= 15 is 0 Å². The Balaban J connectivity index is 0.000000400. The Morgan fingerprint density at radius 2 is 1.40 bits per heavy atom. The zero-order chi connectivity index (χ0) is 40.6. The number of nitrogens with zero attached hydrogens (tertiary/aromatic N) is 1. The Kier molecular flexibility index (Phi) is 15.2. The van der Waals surface area contributed by atoms with E-state index in [9.17, 15) is 33.9 Å². The highest BCUT2D eigenvalue weighted by Crippen LogP contribution is 2.19. The first kappa shape index (κ1) is 41.5. The fourth-order valence-corrected chi connectivity index (χ4v) is 6.62. The van der Waals surface area contributed by atoms with Crippen LogP contribution in [0.15, 0.2) is 121 Å². The van der Waals surface area contributed by atoms with Gasteiger partial charge in [0.25, 0.3) is 0 Å². The number of aliphatic carboxylic acids is 1. The van der Waals surface area contributed by atoms with Crippen LogP contribution in [0.4, 0.5) is 5.69 Å². The van der Waals surface area contributed by atoms with Crippen LogP contribution in [-0.2, 0) is 48.0 Å². The van der Waals surface area contributed by atoms with Gasteiger partial charge in [-0.2, -0.15) is 0 Å². The first-order valence-electron chi connectivity index (χ1n) is 18.3. The number of anilines is 1. The summed E-state index contributed by atoms with van der Waals surface area (Å²) in [6.07, 6.45) is 2.86. The van der Waals surface area contributed by atoms with E-state index in [0.717, 1.165) is 4.88 Å². The third-order valence-electron chi connectivity index (χ3n) is 8.90. The topological polar surface area (TPSA) is 196 Å². The van der Waals surface area contributed by atoms with Crippen LogP contribution >= 0.6 is 11.3 Å². The van der Waals surface area contributed by atoms with E-state index in [4.69, 9.17) is 0 Å². The minimum Gasteiger partial charge on any atom is -0.480 e. The Morgan fingerprint density at radius 3 is 2.07 bits per heavy atom. The number of hydrogen-bond acceptors (Lipinski definition) is 8. The number of carbonyl (C=O) groups excluding carboxylic acids is 5. The molecule has 13 nitrogen and oxygen atoms in total. The van der Waals surface area contributed by atoms with Crippen molar-refractivity contribution in [3.8, 4) is 11.1 Å². The molecule has 0 aliphatic carbocycles. The normalized spacial score (nSPS) is 18.3. The fraction of sp³-hybridized carbons (Fsp3) is 0.233. The van der Waals surface area contributed by atoms with Gasteiger partial charge in [-0.3, -0.25) is 29.0 Å². The lowest BCUT2D eigenvalue weighted by Crippen LogP contribution is -2.55. The Hall–Kier alpha value is -6.67. The van der Waals surface area contributed by atoms with Crippen LogP contribution < -0.4 is 26.6 Å². The molecule has 294 valence electrons. The quantitative estimate of drug-likeness (QED) is 0.138. The van der Waals surface area contributed by atoms with E-state index < -0.39 is 60.2 Å². The van der Waals surface area contributed by atoms with Crippen molar-refractivity contribution in [3.05, 3.63) is 142 Å². The molecule has 0 radical (unpaired) electrons. The number of thiophene rings is 1. The van der Waals surface area contributed by atoms with Crippen LogP contribution in [0.5, 0.6) is 0 Å². The van der Waals surface area contributed by atoms with Crippen LogP contribution in [0.3, 0.4) is 0 Å². The minimum absolute atomic E-state index is 0.0111. The number of carboxylic acid groups (broad SMARTS) is 1. The molecule has 57 heavy (non-hydrogen) atoms. The third-order valence-corrected chi connectivity index (χ3v) is 9.80. The van der Waals surface area contributed by atoms with E-state index in [1.54, 1.807) is 54.7 Å². The van der Waals surface area contributed by atoms with Crippen LogP contribution in [0.2, 0.25) is 0 Å². The highest BCUT2D eigenvalue weighted by molar-refractivity contribution is 7.09. The SMILES string of the molecule is Cc1ccc(-c2ccccc2)cc1.O=C1CCC(=O)N[C@H](Cc2cccs2)C(=O)NCC(=O)N[C@H](Cc2cccnc2)C(=O)N[C@H](C(=O)O)Cc2ccc(cc2)N1. The summed E-state index contributed by atoms with van der Waals surface area (Å²) < 4.78 is 0. The Morgan fingerprint density at radius 1 is 0.719 bits per heavy atom. The molecule has 3 atom stereocenters. The molecule has 5 aromatic rings. The summed E-state index contributed by atoms with van der Waals surface area (Å²) in [6, 6.07) is 28.9. The number of fused-ring (bicyclic) bond motifs is 18. The first-order valence-corrected chi connectivity index (χ1v) is 19.2. The van der Waals surface area contributed by atoms with Crippen molar-refractivity contribution in [2.24, 2.45) is 0 Å². The van der Waals surface area contributed by atoms with Gasteiger partial charge >= 0.3 is 5.97 Å². The van der Waals surface area contributed by atoms with Crippen molar-refractivity contribution in [1.82, 2.24) is 26.3 Å². The number of aromatic nitrogens is 1. The molecule has 4 heterocycles. The number of amides is 5. The van der Waals surface area contributed by atoms with E-state index in [-0.39, 0.29) is 32.1 Å². The number of benzene rings is 3. The summed E-state index contributed by atoms with van der Waals surface area (Å²) in [5.41, 5.74) is 5.50. The van der Waals surface area contributed by atoms with Gasteiger partial charge in [0.05, 0.1) is 6.54 Å². The van der Waals surface area contributed by atoms with E-state index in [1.165, 1.54) is 34.2 Å². The van der Waals surface area contributed by atoms with Crippen molar-refractivity contribution in [1.29, 1.82) is 0 Å². The van der Waals surface area contributed by atoms with Crippen molar-refractivity contribution < 1.29 is 33.9 Å². The monoisotopic (exact) mass is 788 g/mol. The molecule has 5 amide bonds. The summed E-state index contributed by atoms with van der Waals surface area (Å²) in [4.78, 5) is 81.5. The fourth-order valence-electron chi connectivity index (χ4n) is 5.86. The molecule has 2 aromatic heterocycles. The molecule has 0 unspecified atom stereocenters. The molecule has 0 saturated heterocycles. The summed E-state index contributed by atoms with van der Waals surface area (Å²) in [7, 11) is 0. The molecule has 2 aliphatic heterocycles. The van der Waals surface area contributed by atoms with Crippen LogP contribution in [0.25, 0.3) is 11.1 Å². The van der Waals surface area contributed by atoms with Gasteiger partial charge in [-0.05, 0) is 58.8 Å². The average molecular weight is 789 g/mol. The van der Waals surface area contributed by atoms with Gasteiger partial charge < -0.3 is 31.7 Å². The Labute approximate surface area is 334 Å². The van der Waals surface area contributed by atoms with Crippen molar-refractivity contribution in [2.75, 3.05) is 11.9 Å². The lowest BCUT2D eigenvalue weighted by molar-refractivity contribution is -0.142. The van der Waals surface area contributed by atoms with E-state index in [2.05, 4.69) is 87.0 Å². The predicted molar refractivity (Wildman–Crippen MR) is 217 cm³/mol. The number of carbonyl (C=O) groups is 6. The molecule has 6 N–H and O–H groups in total. The predicted octanol–water partition coefficient (Wildman–Crippen LogP) is 4.22. The number of nitrogens with one attached hydrogen (secondary N) is 5. The van der Waals surface area contributed by atoms with Crippen molar-refractivity contribution in [3.63, 3.8) is 0 Å². The molecule has 0 spiro atoms. The van der Waals surface area contributed by atoms with Gasteiger partial charge in [0.2, 0.25) is 29.5 Å². The summed E-state index contributed by atoms with van der Waals surface area (Å²) in [5, 5.41) is 24.6. The van der Waals surface area contributed by atoms with Gasteiger partial charge in [0, 0.05) is 55.1 Å². The standard InChI is InChI=1S/C30H32N6O7S.C13H12/c37-25-9-10-26(38)34-23(15-21-4-2-12-44-21)28(40)32-17-27(39)35-22(14-19-3-1-11-31-16-19)29(41)36-24(30(42)43)13-18-5-7-20(33-25)8-6-18;1-11-7-9-13(10-8-11)12-5-3-2-4-6-12/h1-8,11-12,16,22-24H,9-10,13-15,17H2,(H,32,40)(H,33,37)(H,34,38)(H,35,39)(H,36,41)(H,42,43);2-10H,1H3/t22-,23-,24+;/m1./s1. The van der Waals surface area contributed by atoms with Crippen LogP contribution in [0.1, 0.15) is 34.4 Å². The van der Waals surface area contributed by atoms with E-state index in [1.807, 2.05) is 11.4 Å². The lowest BCUT2D eigenvalue weighted by atomic mass is 10.0. The second kappa shape index (κ2) is 20.9. The first-order chi connectivity index (χ1) is 27.5. The largest absolute Gasteiger partial charge is 0.480 e. The molecular formula is C43H44N6O7S. The molecule has 0 saturated carbocycles. The molecular weight excluding hydrogens is 745 g/mol. The van der Waals surface area contributed by atoms with Crippen LogP contribution in [-0.4, -0.2) is 70.3 Å². The Bertz CT molecular complexity index is 2110. The van der Waals surface area contributed by atoms with Crippen molar-refractivity contribution in [2.45, 2.75) is 57.2 Å². The van der Waals surface area contributed by atoms with Crippen LogP contribution in [0, 0.1) is 6.92 Å². The van der Waals surface area contributed by atoms with E-state index in [0.29, 0.717) is 16.8 Å². The number of carboxylic acids is 1. The van der Waals surface area contributed by atoms with Crippen molar-refractivity contribution >= 4 is 52.5 Å². The number of pyridine rings is 1. The molecule has 3 aromatic carbocycles. The second-order valence-corrected chi connectivity index (χ2v) is 14.4. The van der Waals surface area contributed by atoms with Gasteiger partial charge in [-0.1, -0.05) is 84.4 Å². The molecule has 14 heteroatoms. The highest BCUT2D eigenvalue weighted by Gasteiger charge is 2.28. The van der Waals surface area contributed by atoms with Gasteiger partial charge in [0.15, 0.2) is 0 Å². The molecule has 2 aliphatic rings. The zero-order valence-corrected chi connectivity index (χ0v) is 32.1. The van der Waals surface area contributed by atoms with Gasteiger partial charge in [0.1, 0.15) is 18.1 Å². The third kappa shape index (κ3) is 13.5. The molecule has 7 rings (SSSR count). The number of aryl methyl sites for hydroxylation is 1. The highest BCUT2D eigenvalue weighted by atomic mass is 32.1. The average Bonchev–Trinajstić information content (AvgIpc) is 3.73. The number of rotatable bonds is 6. The maximum atomic E-state index is 13.3. The molecule has 2 bridgehead atoms. The lowest BCUT2D eigenvalue weighted by Gasteiger charge is -2.22. The number of hydrogen-bond donors (Lipinski definition) is 6. The maximum Gasteiger partial charge on any atom is 0.326 e. The smallest absolute Gasteiger partial charge is 0.326 e. The van der Waals surface area contributed by atoms with Gasteiger partial charge in [-0.15, -0.1) is 11.3 Å². The van der Waals surface area contributed by atoms with Gasteiger partial charge in [-0.25, -0.2) is 4.79 Å². The summed E-state index contributed by atoms with van der Waals surface area (Å²) in [6.45, 7) is 1.60. The zero-order valence-electron chi connectivity index (χ0n) is 31.3. The minimum atomic E-state index is -1.32. The maximum absolute atomic E-state index is 13.3. The second-order valence-electron chi connectivity index (χ2n) is 13.4. The summed E-state index contributed by atoms with van der Waals surface area (Å²) >= 11 is 1.40. The molecule has 0 fully saturated rings. The summed E-state index contributed by atoms with van der Waals surface area (Å²) in [5.74, 6) is -4.29.